The molecule has 0 radical (unpaired) electrons. The minimum Gasteiger partial charge on any atom is -0.347 e. The van der Waals surface area contributed by atoms with Crippen molar-refractivity contribution in [3.05, 3.63) is 90.0 Å². The zero-order chi connectivity index (χ0) is 26.7. The molecule has 1 atom stereocenters. The maximum atomic E-state index is 13.0. The summed E-state index contributed by atoms with van der Waals surface area (Å²) in [7, 11) is -0.584. The van der Waals surface area contributed by atoms with Crippen molar-refractivity contribution < 1.29 is 18.0 Å². The second-order valence-corrected chi connectivity index (χ2v) is 11.7. The summed E-state index contributed by atoms with van der Waals surface area (Å²) in [5.41, 5.74) is 3.93. The van der Waals surface area contributed by atoms with Crippen LogP contribution >= 0.6 is 0 Å². The van der Waals surface area contributed by atoms with Gasteiger partial charge in [0, 0.05) is 19.8 Å². The third-order valence-electron chi connectivity index (χ3n) is 6.20. The van der Waals surface area contributed by atoms with E-state index in [1.54, 1.807) is 52.2 Å². The number of amides is 2. The average Bonchev–Trinajstić information content (AvgIpc) is 3.21. The van der Waals surface area contributed by atoms with Crippen molar-refractivity contribution in [1.82, 2.24) is 4.90 Å². The first-order chi connectivity index (χ1) is 17.6. The highest BCUT2D eigenvalue weighted by atomic mass is 32.2. The molecule has 0 bridgehead atoms. The van der Waals surface area contributed by atoms with Gasteiger partial charge in [-0.1, -0.05) is 48.5 Å². The Morgan fingerprint density at radius 1 is 0.946 bits per heavy atom. The van der Waals surface area contributed by atoms with Crippen molar-refractivity contribution in [3.63, 3.8) is 0 Å². The Balaban J connectivity index is 1.75. The number of para-hydroxylation sites is 1. The molecule has 9 heteroatoms. The predicted octanol–water partition coefficient (Wildman–Crippen LogP) is 4.18. The summed E-state index contributed by atoms with van der Waals surface area (Å²) in [5.74, 6) is -1.07. The van der Waals surface area contributed by atoms with Crippen molar-refractivity contribution in [2.24, 2.45) is 4.99 Å². The second-order valence-electron chi connectivity index (χ2n) is 9.28. The minimum atomic E-state index is -3.76. The van der Waals surface area contributed by atoms with Gasteiger partial charge in [-0.25, -0.2) is 8.42 Å². The van der Waals surface area contributed by atoms with Gasteiger partial charge in [0.25, 0.3) is 0 Å². The number of carbonyl (C=O) groups excluding carboxylic acids is 2. The molecule has 4 rings (SSSR count). The third kappa shape index (κ3) is 5.41. The Bertz CT molecular complexity index is 1430. The quantitative estimate of drug-likeness (QED) is 0.452. The van der Waals surface area contributed by atoms with Gasteiger partial charge in [0.15, 0.2) is 0 Å². The Labute approximate surface area is 217 Å². The highest BCUT2D eigenvalue weighted by Gasteiger charge is 2.35. The molecule has 1 N–H and O–H groups in total. The first-order valence-electron chi connectivity index (χ1n) is 11.9. The molecule has 1 unspecified atom stereocenters. The lowest BCUT2D eigenvalue weighted by molar-refractivity contribution is -0.127. The summed E-state index contributed by atoms with van der Waals surface area (Å²) in [4.78, 5) is 31.6. The lowest BCUT2D eigenvalue weighted by Gasteiger charge is -2.27. The Morgan fingerprint density at radius 3 is 2.19 bits per heavy atom. The van der Waals surface area contributed by atoms with Gasteiger partial charge in [-0.3, -0.25) is 18.9 Å². The lowest BCUT2D eigenvalue weighted by atomic mass is 9.90. The number of nitrogens with one attached hydrogen (secondary N) is 1. The molecule has 0 aliphatic carbocycles. The molecule has 0 aromatic heterocycles. The molecule has 1 heterocycles. The Kier molecular flexibility index (Phi) is 7.45. The van der Waals surface area contributed by atoms with Crippen LogP contribution in [-0.2, 0) is 19.6 Å². The maximum Gasteiger partial charge on any atom is 0.242 e. The number of anilines is 2. The van der Waals surface area contributed by atoms with Crippen LogP contribution in [0.5, 0.6) is 0 Å². The number of hydrogen-bond acceptors (Lipinski definition) is 5. The topological polar surface area (TPSA) is 99.2 Å². The van der Waals surface area contributed by atoms with Gasteiger partial charge in [0.1, 0.15) is 12.5 Å². The van der Waals surface area contributed by atoms with Gasteiger partial charge in [0.05, 0.1) is 22.3 Å². The minimum absolute atomic E-state index is 0.156. The summed E-state index contributed by atoms with van der Waals surface area (Å²) < 4.78 is 27.2. The van der Waals surface area contributed by atoms with E-state index in [9.17, 15) is 18.0 Å². The molecule has 0 fully saturated rings. The van der Waals surface area contributed by atoms with Gasteiger partial charge in [-0.05, 0) is 55.3 Å². The normalized spacial score (nSPS) is 15.3. The number of nitrogens with zero attached hydrogens (tertiary/aromatic N) is 3. The standard InChI is InChI=1S/C28H30N4O4S/c1-19(2)37(35,36)32(18-25(33)31(3)4)22-16-14-21(15-17-22)29-27(20-10-6-5-7-11-20)26-23-12-8-9-13-24(23)30-28(26)34/h5-17,19,26H,18H2,1-4H3,(H,30,34). The fourth-order valence-electron chi connectivity index (χ4n) is 4.06. The molecule has 0 saturated heterocycles. The first-order valence-corrected chi connectivity index (χ1v) is 13.5. The lowest BCUT2D eigenvalue weighted by Crippen LogP contribution is -2.43. The molecule has 2 amide bonds. The molecular weight excluding hydrogens is 488 g/mol. The zero-order valence-corrected chi connectivity index (χ0v) is 22.1. The highest BCUT2D eigenvalue weighted by Crippen LogP contribution is 2.36. The van der Waals surface area contributed by atoms with E-state index in [-0.39, 0.29) is 18.4 Å². The molecule has 192 valence electrons. The van der Waals surface area contributed by atoms with Gasteiger partial charge in [-0.2, -0.15) is 0 Å². The summed E-state index contributed by atoms with van der Waals surface area (Å²) in [6, 6.07) is 23.7. The number of aliphatic imine (C=N–C) groups is 1. The van der Waals surface area contributed by atoms with Crippen LogP contribution in [0.2, 0.25) is 0 Å². The van der Waals surface area contributed by atoms with Crippen LogP contribution in [0.1, 0.15) is 30.9 Å². The Morgan fingerprint density at radius 2 is 1.57 bits per heavy atom. The molecule has 1 aliphatic rings. The number of likely N-dealkylation sites (N-methyl/N-ethyl adjacent to an activating group) is 1. The summed E-state index contributed by atoms with van der Waals surface area (Å²) >= 11 is 0. The maximum absolute atomic E-state index is 13.0. The highest BCUT2D eigenvalue weighted by molar-refractivity contribution is 7.93. The molecule has 8 nitrogen and oxygen atoms in total. The van der Waals surface area contributed by atoms with Crippen molar-refractivity contribution >= 4 is 44.6 Å². The number of rotatable bonds is 8. The van der Waals surface area contributed by atoms with E-state index >= 15 is 0 Å². The monoisotopic (exact) mass is 518 g/mol. The van der Waals surface area contributed by atoms with E-state index in [1.807, 2.05) is 54.6 Å². The predicted molar refractivity (Wildman–Crippen MR) is 147 cm³/mol. The smallest absolute Gasteiger partial charge is 0.242 e. The molecule has 3 aromatic rings. The largest absolute Gasteiger partial charge is 0.347 e. The van der Waals surface area contributed by atoms with Crippen LogP contribution in [0.25, 0.3) is 0 Å². The van der Waals surface area contributed by atoms with E-state index in [1.165, 1.54) is 4.90 Å². The number of sulfonamides is 1. The zero-order valence-electron chi connectivity index (χ0n) is 21.3. The van der Waals surface area contributed by atoms with E-state index in [0.29, 0.717) is 17.1 Å². The van der Waals surface area contributed by atoms with Crippen LogP contribution in [0.4, 0.5) is 17.1 Å². The van der Waals surface area contributed by atoms with Crippen molar-refractivity contribution in [2.45, 2.75) is 25.0 Å². The van der Waals surface area contributed by atoms with Gasteiger partial charge >= 0.3 is 0 Å². The van der Waals surface area contributed by atoms with Crippen LogP contribution in [0.15, 0.2) is 83.9 Å². The fraction of sp³-hybridized carbons (Fsp3) is 0.250. The third-order valence-corrected chi connectivity index (χ3v) is 8.35. The average molecular weight is 519 g/mol. The van der Waals surface area contributed by atoms with Crippen LogP contribution in [-0.4, -0.2) is 56.7 Å². The number of carbonyl (C=O) groups is 2. The van der Waals surface area contributed by atoms with E-state index in [2.05, 4.69) is 5.32 Å². The first kappa shape index (κ1) is 26.1. The van der Waals surface area contributed by atoms with E-state index in [0.717, 1.165) is 21.1 Å². The van der Waals surface area contributed by atoms with Crippen LogP contribution < -0.4 is 9.62 Å². The van der Waals surface area contributed by atoms with Gasteiger partial charge < -0.3 is 10.2 Å². The van der Waals surface area contributed by atoms with Crippen molar-refractivity contribution in [2.75, 3.05) is 30.3 Å². The van der Waals surface area contributed by atoms with Crippen LogP contribution in [0.3, 0.4) is 0 Å². The van der Waals surface area contributed by atoms with Crippen molar-refractivity contribution in [3.8, 4) is 0 Å². The number of fused-ring (bicyclic) bond motifs is 1. The number of benzene rings is 3. The van der Waals surface area contributed by atoms with Crippen LogP contribution in [0, 0.1) is 0 Å². The van der Waals surface area contributed by atoms with Gasteiger partial charge in [0.2, 0.25) is 21.8 Å². The molecule has 3 aromatic carbocycles. The molecule has 1 aliphatic heterocycles. The summed E-state index contributed by atoms with van der Waals surface area (Å²) in [6.07, 6.45) is 0. The number of hydrogen-bond donors (Lipinski definition) is 1. The van der Waals surface area contributed by atoms with Crippen molar-refractivity contribution in [1.29, 1.82) is 0 Å². The van der Waals surface area contributed by atoms with E-state index in [4.69, 9.17) is 4.99 Å². The summed E-state index contributed by atoms with van der Waals surface area (Å²) in [6.45, 7) is 2.86. The fourth-order valence-corrected chi connectivity index (χ4v) is 5.28. The molecule has 0 spiro atoms. The summed E-state index contributed by atoms with van der Waals surface area (Å²) in [5, 5.41) is 2.23. The van der Waals surface area contributed by atoms with E-state index < -0.39 is 21.2 Å². The second kappa shape index (κ2) is 10.6. The molecular formula is C28H30N4O4S. The van der Waals surface area contributed by atoms with Gasteiger partial charge in [-0.15, -0.1) is 0 Å². The SMILES string of the molecule is CC(C)S(=O)(=O)N(CC(=O)N(C)C)c1ccc(N=C(c2ccccc2)C2C(=O)Nc3ccccc32)cc1. The molecule has 0 saturated carbocycles. The molecule has 37 heavy (non-hydrogen) atoms. The Hall–Kier alpha value is -3.98.